The molecule has 1 aromatic heterocycles. The van der Waals surface area contributed by atoms with E-state index >= 15 is 0 Å². The molecule has 2 rings (SSSR count). The molecular weight excluding hydrogens is 262 g/mol. The molecular formula is C15H14F2N2O. The molecule has 20 heavy (non-hydrogen) atoms. The van der Waals surface area contributed by atoms with E-state index in [1.165, 1.54) is 10.8 Å². The Kier molecular flexibility index (Phi) is 4.08. The quantitative estimate of drug-likeness (QED) is 0.830. The number of hydrogen-bond donors (Lipinski definition) is 0. The summed E-state index contributed by atoms with van der Waals surface area (Å²) >= 11 is 0. The smallest absolute Gasteiger partial charge is 0.266 e. The molecule has 104 valence electrons. The zero-order valence-electron chi connectivity index (χ0n) is 11.2. The van der Waals surface area contributed by atoms with Gasteiger partial charge in [0.1, 0.15) is 17.1 Å². The fraction of sp³-hybridized carbons (Fsp3) is 0.200. The highest BCUT2D eigenvalue weighted by atomic mass is 19.1. The van der Waals surface area contributed by atoms with Crippen LogP contribution in [0, 0.1) is 11.6 Å². The number of nitrogens with zero attached hydrogens (tertiary/aromatic N) is 2. The lowest BCUT2D eigenvalue weighted by atomic mass is 10.2. The van der Waals surface area contributed by atoms with Crippen LogP contribution in [0.2, 0.25) is 0 Å². The third-order valence-electron chi connectivity index (χ3n) is 2.61. The molecule has 5 heteroatoms. The van der Waals surface area contributed by atoms with Crippen molar-refractivity contribution < 1.29 is 13.6 Å². The number of pyridine rings is 1. The van der Waals surface area contributed by atoms with Gasteiger partial charge in [0.2, 0.25) is 0 Å². The van der Waals surface area contributed by atoms with Crippen LogP contribution >= 0.6 is 0 Å². The van der Waals surface area contributed by atoms with Gasteiger partial charge in [0.15, 0.2) is 0 Å². The maximum absolute atomic E-state index is 13.7. The third-order valence-corrected chi connectivity index (χ3v) is 2.61. The molecule has 0 saturated heterocycles. The predicted molar refractivity (Wildman–Crippen MR) is 71.2 cm³/mol. The van der Waals surface area contributed by atoms with E-state index in [4.69, 9.17) is 0 Å². The Morgan fingerprint density at radius 2 is 1.95 bits per heavy atom. The van der Waals surface area contributed by atoms with E-state index < -0.39 is 17.5 Å². The van der Waals surface area contributed by atoms with Crippen LogP contribution < -0.4 is 5.49 Å². The first-order chi connectivity index (χ1) is 9.49. The summed E-state index contributed by atoms with van der Waals surface area (Å²) in [5, 5.41) is 0. The fourth-order valence-corrected chi connectivity index (χ4v) is 1.77. The molecule has 0 N–H and O–H groups in total. The molecule has 0 atom stereocenters. The van der Waals surface area contributed by atoms with Gasteiger partial charge < -0.3 is 0 Å². The summed E-state index contributed by atoms with van der Waals surface area (Å²) in [5.41, 5.74) is 0.0811. The molecule has 0 amide bonds. The van der Waals surface area contributed by atoms with Gasteiger partial charge in [-0.25, -0.2) is 8.78 Å². The van der Waals surface area contributed by atoms with Gasteiger partial charge in [-0.15, -0.1) is 0 Å². The summed E-state index contributed by atoms with van der Waals surface area (Å²) in [6.45, 7) is 3.73. The Labute approximate surface area is 115 Å². The predicted octanol–water partition coefficient (Wildman–Crippen LogP) is 2.76. The monoisotopic (exact) mass is 276 g/mol. The maximum atomic E-state index is 13.7. The highest BCUT2D eigenvalue weighted by Crippen LogP contribution is 2.10. The minimum Gasteiger partial charge on any atom is -0.268 e. The normalized spacial score (nSPS) is 11.9. The van der Waals surface area contributed by atoms with E-state index in [2.05, 4.69) is 4.99 Å². The summed E-state index contributed by atoms with van der Waals surface area (Å²) in [6.07, 6.45) is 1.48. The zero-order chi connectivity index (χ0) is 14.7. The van der Waals surface area contributed by atoms with Crippen LogP contribution in [0.4, 0.5) is 8.78 Å². The number of benzene rings is 1. The SMILES string of the molecule is CC(C)N=c1ccccn1C(=O)c1cc(F)ccc1F. The average Bonchev–Trinajstić information content (AvgIpc) is 2.41. The minimum atomic E-state index is -0.761. The number of carbonyl (C=O) groups excluding carboxylic acids is 1. The third kappa shape index (κ3) is 2.99. The summed E-state index contributed by atoms with van der Waals surface area (Å²) in [7, 11) is 0. The lowest BCUT2D eigenvalue weighted by Crippen LogP contribution is -2.28. The van der Waals surface area contributed by atoms with Crippen molar-refractivity contribution in [2.45, 2.75) is 19.9 Å². The van der Waals surface area contributed by atoms with Gasteiger partial charge in [0.25, 0.3) is 5.91 Å². The van der Waals surface area contributed by atoms with Gasteiger partial charge >= 0.3 is 0 Å². The molecule has 0 bridgehead atoms. The van der Waals surface area contributed by atoms with E-state index in [-0.39, 0.29) is 11.6 Å². The van der Waals surface area contributed by atoms with Crippen LogP contribution in [-0.4, -0.2) is 16.5 Å². The average molecular weight is 276 g/mol. The molecule has 0 spiro atoms. The Morgan fingerprint density at radius 3 is 2.65 bits per heavy atom. The molecule has 0 saturated carbocycles. The van der Waals surface area contributed by atoms with Crippen LogP contribution in [0.25, 0.3) is 0 Å². The molecule has 3 nitrogen and oxygen atoms in total. The fourth-order valence-electron chi connectivity index (χ4n) is 1.77. The van der Waals surface area contributed by atoms with Crippen molar-refractivity contribution in [3.63, 3.8) is 0 Å². The molecule has 2 aromatic rings. The topological polar surface area (TPSA) is 34.4 Å². The van der Waals surface area contributed by atoms with E-state index in [1.807, 2.05) is 13.8 Å². The second kappa shape index (κ2) is 5.77. The van der Waals surface area contributed by atoms with Crippen LogP contribution in [0.3, 0.4) is 0 Å². The number of halogens is 2. The van der Waals surface area contributed by atoms with Gasteiger partial charge in [-0.3, -0.25) is 14.4 Å². The Bertz CT molecular complexity index is 705. The van der Waals surface area contributed by atoms with Crippen LogP contribution in [0.5, 0.6) is 0 Å². The number of rotatable bonds is 2. The van der Waals surface area contributed by atoms with Crippen molar-refractivity contribution >= 4 is 5.91 Å². The standard InChI is InChI=1S/C15H14F2N2O/c1-10(2)18-14-5-3-4-8-19(14)15(20)12-9-11(16)6-7-13(12)17/h3-10H,1-2H3. The van der Waals surface area contributed by atoms with E-state index in [9.17, 15) is 13.6 Å². The molecule has 0 aliphatic carbocycles. The lowest BCUT2D eigenvalue weighted by Gasteiger charge is -2.08. The maximum Gasteiger partial charge on any atom is 0.266 e. The van der Waals surface area contributed by atoms with Crippen molar-refractivity contribution in [2.75, 3.05) is 0 Å². The number of carbonyl (C=O) groups is 1. The van der Waals surface area contributed by atoms with Crippen LogP contribution in [-0.2, 0) is 0 Å². The second-order valence-electron chi connectivity index (χ2n) is 4.58. The van der Waals surface area contributed by atoms with Gasteiger partial charge in [0, 0.05) is 12.2 Å². The molecule has 0 unspecified atom stereocenters. The van der Waals surface area contributed by atoms with Gasteiger partial charge in [0.05, 0.1) is 5.56 Å². The molecule has 1 heterocycles. The van der Waals surface area contributed by atoms with Crippen LogP contribution in [0.15, 0.2) is 47.6 Å². The van der Waals surface area contributed by atoms with Crippen molar-refractivity contribution in [3.8, 4) is 0 Å². The van der Waals surface area contributed by atoms with Crippen molar-refractivity contribution in [1.82, 2.24) is 4.57 Å². The zero-order valence-corrected chi connectivity index (χ0v) is 11.2. The van der Waals surface area contributed by atoms with Gasteiger partial charge in [-0.2, -0.15) is 0 Å². The summed E-state index contributed by atoms with van der Waals surface area (Å²) in [4.78, 5) is 16.6. The first-order valence-corrected chi connectivity index (χ1v) is 6.20. The molecule has 1 aromatic carbocycles. The van der Waals surface area contributed by atoms with Crippen molar-refractivity contribution in [1.29, 1.82) is 0 Å². The highest BCUT2D eigenvalue weighted by molar-refractivity contribution is 5.96. The van der Waals surface area contributed by atoms with E-state index in [1.54, 1.807) is 18.2 Å². The van der Waals surface area contributed by atoms with Crippen molar-refractivity contribution in [3.05, 3.63) is 65.3 Å². The number of hydrogen-bond acceptors (Lipinski definition) is 2. The Hall–Kier alpha value is -2.30. The first-order valence-electron chi connectivity index (χ1n) is 6.20. The largest absolute Gasteiger partial charge is 0.268 e. The summed E-state index contributed by atoms with van der Waals surface area (Å²) in [5.74, 6) is -2.07. The molecule has 0 radical (unpaired) electrons. The molecule has 0 fully saturated rings. The van der Waals surface area contributed by atoms with Gasteiger partial charge in [-0.05, 0) is 44.2 Å². The van der Waals surface area contributed by atoms with Gasteiger partial charge in [-0.1, -0.05) is 6.07 Å². The second-order valence-corrected chi connectivity index (χ2v) is 4.58. The van der Waals surface area contributed by atoms with E-state index in [0.29, 0.717) is 5.49 Å². The Balaban J connectivity index is 2.57. The highest BCUT2D eigenvalue weighted by Gasteiger charge is 2.15. The van der Waals surface area contributed by atoms with Crippen molar-refractivity contribution in [2.24, 2.45) is 4.99 Å². The molecule has 0 aliphatic rings. The van der Waals surface area contributed by atoms with Crippen LogP contribution in [0.1, 0.15) is 24.2 Å². The number of aromatic nitrogens is 1. The summed E-state index contributed by atoms with van der Waals surface area (Å²) < 4.78 is 28.1. The molecule has 0 aliphatic heterocycles. The lowest BCUT2D eigenvalue weighted by molar-refractivity contribution is 0.0950. The minimum absolute atomic E-state index is 0.0196. The van der Waals surface area contributed by atoms with E-state index in [0.717, 1.165) is 18.2 Å². The first kappa shape index (κ1) is 14.1. The Morgan fingerprint density at radius 1 is 1.20 bits per heavy atom. The summed E-state index contributed by atoms with van der Waals surface area (Å²) in [6, 6.07) is 7.79.